The monoisotopic (exact) mass is 852 g/mol. The normalized spacial score (nSPS) is 14.2. The number of allylic oxidation sites excluding steroid dienone is 6. The van der Waals surface area contributed by atoms with E-state index in [0.29, 0.717) is 0 Å². The Morgan fingerprint density at radius 2 is 1.14 bits per heavy atom. The van der Waals surface area contributed by atoms with Crippen LogP contribution in [-0.4, -0.2) is 0 Å². The van der Waals surface area contributed by atoms with Crippen molar-refractivity contribution in [2.24, 2.45) is 0 Å². The van der Waals surface area contributed by atoms with E-state index in [1.165, 1.54) is 108 Å². The molecule has 0 N–H and O–H groups in total. The molecule has 1 heteroatoms. The van der Waals surface area contributed by atoms with Gasteiger partial charge in [-0.3, -0.25) is 0 Å². The van der Waals surface area contributed by atoms with Crippen LogP contribution in [0.25, 0.3) is 91.8 Å². The lowest BCUT2D eigenvalue weighted by atomic mass is 9.80. The minimum atomic E-state index is -0.157. The highest BCUT2D eigenvalue weighted by atomic mass is 32.1. The molecular formula is C64H52S. The van der Waals surface area contributed by atoms with Crippen LogP contribution < -0.4 is 0 Å². The Labute approximate surface area is 387 Å². The van der Waals surface area contributed by atoms with Crippen LogP contribution in [0.4, 0.5) is 0 Å². The molecule has 0 fully saturated rings. The van der Waals surface area contributed by atoms with Gasteiger partial charge in [-0.15, -0.1) is 17.9 Å². The van der Waals surface area contributed by atoms with Gasteiger partial charge >= 0.3 is 0 Å². The number of hydrogen-bond acceptors (Lipinski definition) is 1. The summed E-state index contributed by atoms with van der Waals surface area (Å²) in [6.07, 6.45) is 12.0. The lowest BCUT2D eigenvalue weighted by molar-refractivity contribution is 0.660. The second kappa shape index (κ2) is 15.9. The van der Waals surface area contributed by atoms with Gasteiger partial charge in [0.1, 0.15) is 0 Å². The van der Waals surface area contributed by atoms with Crippen LogP contribution in [0.1, 0.15) is 68.4 Å². The predicted molar refractivity (Wildman–Crippen MR) is 285 cm³/mol. The molecular weight excluding hydrogens is 801 g/mol. The van der Waals surface area contributed by atoms with Gasteiger partial charge in [0.05, 0.1) is 0 Å². The summed E-state index contributed by atoms with van der Waals surface area (Å²) in [5.74, 6) is 0. The Morgan fingerprint density at radius 3 is 1.94 bits per heavy atom. The molecule has 0 saturated heterocycles. The highest BCUT2D eigenvalue weighted by Gasteiger charge is 2.38. The van der Waals surface area contributed by atoms with Gasteiger partial charge in [0.2, 0.25) is 0 Å². The second-order valence-corrected chi connectivity index (χ2v) is 19.9. The second-order valence-electron chi connectivity index (χ2n) is 18.8. The van der Waals surface area contributed by atoms with Crippen LogP contribution in [0.5, 0.6) is 0 Å². The van der Waals surface area contributed by atoms with Crippen LogP contribution >= 0.6 is 11.3 Å². The Hall–Kier alpha value is -7.06. The van der Waals surface area contributed by atoms with Crippen LogP contribution in [0.2, 0.25) is 0 Å². The number of benzene rings is 7. The van der Waals surface area contributed by atoms with Crippen LogP contribution in [0.3, 0.4) is 0 Å². The molecule has 8 aromatic carbocycles. The first kappa shape index (κ1) is 40.7. The van der Waals surface area contributed by atoms with E-state index in [9.17, 15) is 0 Å². The fraction of sp³-hybridized carbons (Fsp3) is 0.125. The zero-order chi connectivity index (χ0) is 44.5. The van der Waals surface area contributed by atoms with E-state index in [2.05, 4.69) is 229 Å². The average molecular weight is 853 g/mol. The van der Waals surface area contributed by atoms with Gasteiger partial charge in [-0.1, -0.05) is 204 Å². The maximum absolute atomic E-state index is 4.58. The summed E-state index contributed by atoms with van der Waals surface area (Å²) in [4.78, 5) is 0. The smallest absolute Gasteiger partial charge is 0.0440 e. The van der Waals surface area contributed by atoms with E-state index in [0.717, 1.165) is 24.0 Å². The minimum absolute atomic E-state index is 0.131. The van der Waals surface area contributed by atoms with Crippen molar-refractivity contribution in [3.05, 3.63) is 235 Å². The molecule has 65 heavy (non-hydrogen) atoms. The van der Waals surface area contributed by atoms with Crippen molar-refractivity contribution >= 4 is 58.6 Å². The molecule has 0 unspecified atom stereocenters. The Kier molecular flexibility index (Phi) is 9.94. The molecule has 9 aromatic rings. The summed E-state index contributed by atoms with van der Waals surface area (Å²) in [6.45, 7) is 18.0. The lowest BCUT2D eigenvalue weighted by Gasteiger charge is -2.23. The predicted octanol–water partition coefficient (Wildman–Crippen LogP) is 18.5. The third kappa shape index (κ3) is 6.64. The third-order valence-corrected chi connectivity index (χ3v) is 15.5. The van der Waals surface area contributed by atoms with Crippen LogP contribution in [0, 0.1) is 0 Å². The fourth-order valence-corrected chi connectivity index (χ4v) is 12.1. The Morgan fingerprint density at radius 1 is 0.508 bits per heavy atom. The fourth-order valence-electron chi connectivity index (χ4n) is 10.9. The highest BCUT2D eigenvalue weighted by molar-refractivity contribution is 7.26. The first-order valence-electron chi connectivity index (χ1n) is 22.9. The maximum Gasteiger partial charge on any atom is 0.0440 e. The zero-order valence-electron chi connectivity index (χ0n) is 37.7. The molecule has 0 radical (unpaired) electrons. The summed E-state index contributed by atoms with van der Waals surface area (Å²) in [6, 6.07) is 61.6. The molecule has 2 aliphatic carbocycles. The summed E-state index contributed by atoms with van der Waals surface area (Å²) >= 11 is 1.93. The summed E-state index contributed by atoms with van der Waals surface area (Å²) in [7, 11) is 0. The molecule has 0 bridgehead atoms. The van der Waals surface area contributed by atoms with Crippen molar-refractivity contribution in [3.63, 3.8) is 0 Å². The van der Waals surface area contributed by atoms with Gasteiger partial charge in [-0.2, -0.15) is 0 Å². The van der Waals surface area contributed by atoms with Crippen molar-refractivity contribution < 1.29 is 0 Å². The van der Waals surface area contributed by atoms with Crippen molar-refractivity contribution in [2.75, 3.05) is 0 Å². The van der Waals surface area contributed by atoms with Gasteiger partial charge in [-0.05, 0) is 131 Å². The first-order chi connectivity index (χ1) is 31.6. The highest BCUT2D eigenvalue weighted by Crippen LogP contribution is 2.55. The molecule has 1 aromatic heterocycles. The third-order valence-electron chi connectivity index (χ3n) is 14.3. The largest absolute Gasteiger partial charge is 0.135 e. The summed E-state index contributed by atoms with van der Waals surface area (Å²) < 4.78 is 2.74. The van der Waals surface area contributed by atoms with Crippen LogP contribution in [0.15, 0.2) is 207 Å². The SMILES string of the molecule is C=CC/C=C\C=C/CC(=C)c1ccccccc(-c2ccc3c(c2)-c2ccc(-c4ccc5c(c4)C(C)(C)c4ccc6ccc7c8ccccc8sc7c6c4-5)cc2C3(C)C)c2ccccc12. The zero-order valence-corrected chi connectivity index (χ0v) is 38.5. The number of hydrogen-bond donors (Lipinski definition) is 0. The number of rotatable bonds is 8. The topological polar surface area (TPSA) is 0 Å². The number of fused-ring (bicyclic) bond motifs is 13. The summed E-state index contributed by atoms with van der Waals surface area (Å²) in [5.41, 5.74) is 17.9. The standard InChI is InChI=1S/C64H52S/c1-7-8-9-10-11-14-21-41(2)46-22-15-12-13-16-23-47(49-25-18-17-24-48(46)49)45-32-36-55-54(38-45)50-33-29-43(39-57(50)63(55,3)4)44-30-35-53-58(40-44)64(5,6)56-37-31-42-28-34-52-51-26-19-20-27-59(51)65-62(52)60(42)61(53)56/h7,9-20,22-40H,1-2,8,21H2,3-6H3/b10-9-,13-12?,14-11-,15-12?,16-13?,22-15?,23-16?,46-22?,47-23?,48-46?,49-47?. The van der Waals surface area contributed by atoms with Gasteiger partial charge < -0.3 is 0 Å². The molecule has 0 nitrogen and oxygen atoms in total. The molecule has 0 saturated carbocycles. The van der Waals surface area contributed by atoms with E-state index in [1.807, 2.05) is 17.4 Å². The molecule has 0 atom stereocenters. The van der Waals surface area contributed by atoms with E-state index >= 15 is 0 Å². The van der Waals surface area contributed by atoms with Gasteiger partial charge in [0.25, 0.3) is 0 Å². The van der Waals surface area contributed by atoms with Gasteiger partial charge in [-0.25, -0.2) is 0 Å². The quantitative estimate of drug-likeness (QED) is 0.106. The lowest BCUT2D eigenvalue weighted by Crippen LogP contribution is -2.15. The average Bonchev–Trinajstić information content (AvgIpc) is 3.90. The van der Waals surface area contributed by atoms with Gasteiger partial charge in [0.15, 0.2) is 0 Å². The molecule has 0 spiro atoms. The summed E-state index contributed by atoms with van der Waals surface area (Å²) in [5, 5.41) is 7.80. The van der Waals surface area contributed by atoms with E-state index in [-0.39, 0.29) is 10.8 Å². The van der Waals surface area contributed by atoms with Crippen molar-refractivity contribution in [1.82, 2.24) is 0 Å². The molecule has 0 amide bonds. The molecule has 2 aliphatic rings. The van der Waals surface area contributed by atoms with Crippen LogP contribution in [-0.2, 0) is 10.8 Å². The van der Waals surface area contributed by atoms with E-state index in [4.69, 9.17) is 0 Å². The molecule has 11 rings (SSSR count). The minimum Gasteiger partial charge on any atom is -0.135 e. The maximum atomic E-state index is 4.58. The Balaban J connectivity index is 0.989. The van der Waals surface area contributed by atoms with Crippen molar-refractivity contribution in [1.29, 1.82) is 0 Å². The molecule has 1 heterocycles. The number of thiophene rings is 1. The molecule has 0 aliphatic heterocycles. The van der Waals surface area contributed by atoms with E-state index < -0.39 is 0 Å². The van der Waals surface area contributed by atoms with Gasteiger partial charge in [0, 0.05) is 36.4 Å². The van der Waals surface area contributed by atoms with E-state index in [1.54, 1.807) is 0 Å². The van der Waals surface area contributed by atoms with Crippen molar-refractivity contribution in [2.45, 2.75) is 51.4 Å². The molecule has 314 valence electrons. The van der Waals surface area contributed by atoms with Crippen molar-refractivity contribution in [3.8, 4) is 44.5 Å². The Bertz CT molecular complexity index is 3580. The first-order valence-corrected chi connectivity index (χ1v) is 23.7.